The SMILES string of the molecule is CC1C(=CCO)C(O)CC2C1CCC1C(C)(C)CCCC21C. The van der Waals surface area contributed by atoms with Crippen LogP contribution in [0.3, 0.4) is 0 Å². The third-order valence-electron chi connectivity index (χ3n) is 7.79. The lowest BCUT2D eigenvalue weighted by Gasteiger charge is -2.62. The van der Waals surface area contributed by atoms with Crippen molar-refractivity contribution in [3.8, 4) is 0 Å². The molecular formula is C20H34O2. The molecule has 2 nitrogen and oxygen atoms in total. The molecule has 0 radical (unpaired) electrons. The average molecular weight is 306 g/mol. The minimum Gasteiger partial charge on any atom is -0.392 e. The van der Waals surface area contributed by atoms with E-state index in [1.807, 2.05) is 6.08 Å². The first-order chi connectivity index (χ1) is 10.3. The average Bonchev–Trinajstić information content (AvgIpc) is 2.43. The molecule has 3 fully saturated rings. The lowest BCUT2D eigenvalue weighted by atomic mass is 9.43. The highest BCUT2D eigenvalue weighted by atomic mass is 16.3. The zero-order valence-corrected chi connectivity index (χ0v) is 14.8. The van der Waals surface area contributed by atoms with Crippen LogP contribution < -0.4 is 0 Å². The molecular weight excluding hydrogens is 272 g/mol. The number of hydrogen-bond donors (Lipinski definition) is 2. The maximum atomic E-state index is 10.7. The maximum Gasteiger partial charge on any atom is 0.0756 e. The number of aliphatic hydroxyl groups is 2. The van der Waals surface area contributed by atoms with Crippen molar-refractivity contribution in [2.45, 2.75) is 72.3 Å². The van der Waals surface area contributed by atoms with Gasteiger partial charge >= 0.3 is 0 Å². The molecule has 6 atom stereocenters. The first kappa shape index (κ1) is 16.5. The fourth-order valence-corrected chi connectivity index (χ4v) is 6.78. The Labute approximate surface area is 136 Å². The van der Waals surface area contributed by atoms with Crippen LogP contribution >= 0.6 is 0 Å². The van der Waals surface area contributed by atoms with Crippen LogP contribution in [0.4, 0.5) is 0 Å². The molecule has 22 heavy (non-hydrogen) atoms. The molecule has 0 bridgehead atoms. The molecule has 0 saturated heterocycles. The molecule has 0 heterocycles. The van der Waals surface area contributed by atoms with Crippen LogP contribution in [0.5, 0.6) is 0 Å². The normalized spacial score (nSPS) is 49.5. The van der Waals surface area contributed by atoms with Crippen LogP contribution in [-0.4, -0.2) is 22.9 Å². The topological polar surface area (TPSA) is 40.5 Å². The van der Waals surface area contributed by atoms with E-state index in [4.69, 9.17) is 0 Å². The Morgan fingerprint density at radius 2 is 1.91 bits per heavy atom. The van der Waals surface area contributed by atoms with Crippen molar-refractivity contribution < 1.29 is 10.2 Å². The highest BCUT2D eigenvalue weighted by molar-refractivity contribution is 5.20. The molecule has 3 rings (SSSR count). The van der Waals surface area contributed by atoms with E-state index in [1.54, 1.807) is 0 Å². The molecule has 6 unspecified atom stereocenters. The number of fused-ring (bicyclic) bond motifs is 3. The Morgan fingerprint density at radius 3 is 2.59 bits per heavy atom. The van der Waals surface area contributed by atoms with Crippen molar-refractivity contribution in [2.75, 3.05) is 6.61 Å². The summed E-state index contributed by atoms with van der Waals surface area (Å²) in [6.45, 7) is 9.79. The van der Waals surface area contributed by atoms with E-state index >= 15 is 0 Å². The summed E-state index contributed by atoms with van der Waals surface area (Å²) in [4.78, 5) is 0. The summed E-state index contributed by atoms with van der Waals surface area (Å²) in [5.74, 6) is 2.56. The van der Waals surface area contributed by atoms with Crippen LogP contribution in [0.15, 0.2) is 11.6 Å². The minimum absolute atomic E-state index is 0.0566. The van der Waals surface area contributed by atoms with E-state index in [2.05, 4.69) is 27.7 Å². The summed E-state index contributed by atoms with van der Waals surface area (Å²) in [5, 5.41) is 19.9. The summed E-state index contributed by atoms with van der Waals surface area (Å²) < 4.78 is 0. The molecule has 2 N–H and O–H groups in total. The second-order valence-corrected chi connectivity index (χ2v) is 9.18. The van der Waals surface area contributed by atoms with Gasteiger partial charge in [0.1, 0.15) is 0 Å². The summed E-state index contributed by atoms with van der Waals surface area (Å²) in [6, 6.07) is 0. The standard InChI is InChI=1S/C20H34O2/c1-13-14-6-7-18-19(2,3)9-5-10-20(18,4)16(14)12-17(22)15(13)8-11-21/h8,13-14,16-18,21-22H,5-7,9-12H2,1-4H3. The largest absolute Gasteiger partial charge is 0.392 e. The lowest BCUT2D eigenvalue weighted by Crippen LogP contribution is -2.55. The van der Waals surface area contributed by atoms with Crippen molar-refractivity contribution >= 4 is 0 Å². The van der Waals surface area contributed by atoms with E-state index in [0.29, 0.717) is 28.6 Å². The number of rotatable bonds is 1. The van der Waals surface area contributed by atoms with Crippen molar-refractivity contribution in [3.05, 3.63) is 11.6 Å². The fourth-order valence-electron chi connectivity index (χ4n) is 6.78. The van der Waals surface area contributed by atoms with E-state index < -0.39 is 0 Å². The molecule has 3 saturated carbocycles. The van der Waals surface area contributed by atoms with E-state index in [0.717, 1.165) is 17.9 Å². The van der Waals surface area contributed by atoms with Gasteiger partial charge in [0, 0.05) is 0 Å². The minimum atomic E-state index is -0.344. The highest BCUT2D eigenvalue weighted by Crippen LogP contribution is 2.64. The van der Waals surface area contributed by atoms with E-state index in [9.17, 15) is 10.2 Å². The third-order valence-corrected chi connectivity index (χ3v) is 7.79. The van der Waals surface area contributed by atoms with Crippen molar-refractivity contribution in [2.24, 2.45) is 34.5 Å². The Hall–Kier alpha value is -0.340. The van der Waals surface area contributed by atoms with Gasteiger partial charge in [0.2, 0.25) is 0 Å². The van der Waals surface area contributed by atoms with E-state index in [1.165, 1.54) is 32.1 Å². The van der Waals surface area contributed by atoms with Crippen LogP contribution in [0.2, 0.25) is 0 Å². The molecule has 2 heteroatoms. The predicted molar refractivity (Wildman–Crippen MR) is 90.4 cm³/mol. The molecule has 0 amide bonds. The van der Waals surface area contributed by atoms with Gasteiger partial charge in [-0.1, -0.05) is 40.2 Å². The van der Waals surface area contributed by atoms with Gasteiger partial charge in [0.05, 0.1) is 12.7 Å². The smallest absolute Gasteiger partial charge is 0.0756 e. The first-order valence-corrected chi connectivity index (χ1v) is 9.30. The monoisotopic (exact) mass is 306 g/mol. The van der Waals surface area contributed by atoms with Crippen molar-refractivity contribution in [1.82, 2.24) is 0 Å². The van der Waals surface area contributed by atoms with Crippen LogP contribution in [0.1, 0.15) is 66.2 Å². The van der Waals surface area contributed by atoms with Gasteiger partial charge in [-0.15, -0.1) is 0 Å². The second-order valence-electron chi connectivity index (χ2n) is 9.18. The van der Waals surface area contributed by atoms with Gasteiger partial charge in [0.25, 0.3) is 0 Å². The zero-order valence-electron chi connectivity index (χ0n) is 14.8. The predicted octanol–water partition coefficient (Wildman–Crippen LogP) is 4.16. The van der Waals surface area contributed by atoms with Gasteiger partial charge in [-0.05, 0) is 72.2 Å². The molecule has 126 valence electrons. The number of aliphatic hydroxyl groups excluding tert-OH is 2. The van der Waals surface area contributed by atoms with Crippen LogP contribution in [0.25, 0.3) is 0 Å². The summed E-state index contributed by atoms with van der Waals surface area (Å²) in [6.07, 6.45) is 9.10. The molecule has 0 spiro atoms. The molecule has 0 aromatic carbocycles. The molecule has 3 aliphatic carbocycles. The quantitative estimate of drug-likeness (QED) is 0.714. The second kappa shape index (κ2) is 5.63. The molecule has 0 aromatic rings. The molecule has 0 aliphatic heterocycles. The van der Waals surface area contributed by atoms with E-state index in [-0.39, 0.29) is 12.7 Å². The molecule has 3 aliphatic rings. The third kappa shape index (κ3) is 2.38. The maximum absolute atomic E-state index is 10.7. The summed E-state index contributed by atoms with van der Waals surface area (Å²) in [7, 11) is 0. The van der Waals surface area contributed by atoms with Crippen molar-refractivity contribution in [3.63, 3.8) is 0 Å². The van der Waals surface area contributed by atoms with Gasteiger partial charge in [-0.25, -0.2) is 0 Å². The van der Waals surface area contributed by atoms with Gasteiger partial charge in [0.15, 0.2) is 0 Å². The lowest BCUT2D eigenvalue weighted by molar-refractivity contribution is -0.126. The fraction of sp³-hybridized carbons (Fsp3) is 0.900. The first-order valence-electron chi connectivity index (χ1n) is 9.30. The number of hydrogen-bond acceptors (Lipinski definition) is 2. The Balaban J connectivity index is 1.93. The molecule has 0 aromatic heterocycles. The van der Waals surface area contributed by atoms with Gasteiger partial charge in [-0.2, -0.15) is 0 Å². The summed E-state index contributed by atoms with van der Waals surface area (Å²) in [5.41, 5.74) is 1.94. The van der Waals surface area contributed by atoms with Crippen molar-refractivity contribution in [1.29, 1.82) is 0 Å². The summed E-state index contributed by atoms with van der Waals surface area (Å²) >= 11 is 0. The Bertz CT molecular complexity index is 453. The Morgan fingerprint density at radius 1 is 1.18 bits per heavy atom. The Kier molecular flexibility index (Phi) is 4.23. The van der Waals surface area contributed by atoms with Gasteiger partial charge < -0.3 is 10.2 Å². The van der Waals surface area contributed by atoms with Crippen LogP contribution in [-0.2, 0) is 0 Å². The van der Waals surface area contributed by atoms with Gasteiger partial charge in [-0.3, -0.25) is 0 Å². The van der Waals surface area contributed by atoms with Crippen LogP contribution in [0, 0.1) is 34.5 Å². The zero-order chi connectivity index (χ0) is 16.1. The highest BCUT2D eigenvalue weighted by Gasteiger charge is 2.57.